The second-order valence-electron chi connectivity index (χ2n) is 1.57. The van der Waals surface area contributed by atoms with Crippen LogP contribution in [-0.4, -0.2) is 11.3 Å². The fraction of sp³-hybridized carbons (Fsp3) is 1.00. The molecule has 0 aliphatic carbocycles. The smallest absolute Gasteiger partial charge is 0.150 e. The van der Waals surface area contributed by atoms with Crippen molar-refractivity contribution in [3.63, 3.8) is 0 Å². The maximum Gasteiger partial charge on any atom is 0.150 e. The second kappa shape index (κ2) is 1.82. The normalized spacial score (nSPS) is 12.0. The van der Waals surface area contributed by atoms with Crippen LogP contribution < -0.4 is 0 Å². The minimum Gasteiger partial charge on any atom is -0.233 e. The first-order valence-corrected chi connectivity index (χ1v) is 3.03. The molecule has 0 bridgehead atoms. The summed E-state index contributed by atoms with van der Waals surface area (Å²) in [5.74, 6) is 0. The van der Waals surface area contributed by atoms with E-state index in [1.807, 2.05) is 0 Å². The summed E-state index contributed by atoms with van der Waals surface area (Å²) in [6, 6.07) is 0. The molecule has 0 spiro atoms. The van der Waals surface area contributed by atoms with Gasteiger partial charge in [0, 0.05) is 0 Å². The van der Waals surface area contributed by atoms with Crippen LogP contribution in [0.25, 0.3) is 0 Å². The van der Waals surface area contributed by atoms with Gasteiger partial charge in [-0.05, 0) is 20.1 Å². The highest BCUT2D eigenvalue weighted by Gasteiger charge is 2.10. The summed E-state index contributed by atoms with van der Waals surface area (Å²) >= 11 is 1.22. The lowest BCUT2D eigenvalue weighted by atomic mass is 10.5. The fourth-order valence-electron chi connectivity index (χ4n) is 0. The van der Waals surface area contributed by atoms with Gasteiger partial charge in [-0.1, -0.05) is 0 Å². The van der Waals surface area contributed by atoms with Crippen molar-refractivity contribution in [1.29, 1.82) is 0 Å². The van der Waals surface area contributed by atoms with E-state index in [2.05, 4.69) is 0 Å². The van der Waals surface area contributed by atoms with Crippen molar-refractivity contribution in [2.75, 3.05) is 6.26 Å². The molecule has 0 fully saturated rings. The summed E-state index contributed by atoms with van der Waals surface area (Å²) in [6.45, 7) is 3.08. The van der Waals surface area contributed by atoms with Gasteiger partial charge in [-0.2, -0.15) is 0 Å². The standard InChI is InChI=1S/C4H9FS/c1-4(2,5)6-3/h1-3H3. The highest BCUT2D eigenvalue weighted by molar-refractivity contribution is 7.99. The SMILES string of the molecule is CSC(C)(C)F. The van der Waals surface area contributed by atoms with E-state index in [9.17, 15) is 4.39 Å². The third-order valence-electron chi connectivity index (χ3n) is 0.485. The zero-order valence-electron chi connectivity index (χ0n) is 4.29. The van der Waals surface area contributed by atoms with Gasteiger partial charge in [-0.3, -0.25) is 0 Å². The molecule has 38 valence electrons. The molecule has 0 aromatic heterocycles. The van der Waals surface area contributed by atoms with Gasteiger partial charge in [0.25, 0.3) is 0 Å². The molecule has 0 aliphatic rings. The molecule has 0 atom stereocenters. The average molecular weight is 108 g/mol. The lowest BCUT2D eigenvalue weighted by Gasteiger charge is -2.06. The van der Waals surface area contributed by atoms with Gasteiger partial charge in [-0.15, -0.1) is 11.8 Å². The predicted octanol–water partition coefficient (Wildman–Crippen LogP) is 2.06. The van der Waals surface area contributed by atoms with Gasteiger partial charge in [0.2, 0.25) is 0 Å². The van der Waals surface area contributed by atoms with Crippen molar-refractivity contribution < 1.29 is 4.39 Å². The molecule has 0 heterocycles. The summed E-state index contributed by atoms with van der Waals surface area (Å²) in [7, 11) is 0. The molecule has 0 rings (SSSR count). The van der Waals surface area contributed by atoms with Crippen LogP contribution in [0.3, 0.4) is 0 Å². The lowest BCUT2D eigenvalue weighted by molar-refractivity contribution is 0.347. The van der Waals surface area contributed by atoms with E-state index in [-0.39, 0.29) is 0 Å². The Hall–Kier alpha value is 0.280. The van der Waals surface area contributed by atoms with E-state index >= 15 is 0 Å². The van der Waals surface area contributed by atoms with Gasteiger partial charge < -0.3 is 0 Å². The summed E-state index contributed by atoms with van der Waals surface area (Å²) in [5.41, 5.74) is 0. The van der Waals surface area contributed by atoms with E-state index in [1.54, 1.807) is 6.26 Å². The lowest BCUT2D eigenvalue weighted by Crippen LogP contribution is -2.01. The molecule has 0 radical (unpaired) electrons. The Morgan fingerprint density at radius 3 is 1.67 bits per heavy atom. The molecule has 0 aromatic carbocycles. The highest BCUT2D eigenvalue weighted by atomic mass is 32.2. The third-order valence-corrected chi connectivity index (χ3v) is 1.46. The first-order valence-electron chi connectivity index (χ1n) is 1.80. The van der Waals surface area contributed by atoms with Gasteiger partial charge in [0.15, 0.2) is 0 Å². The zero-order chi connectivity index (χ0) is 5.21. The first-order chi connectivity index (χ1) is 2.56. The predicted molar refractivity (Wildman–Crippen MR) is 28.7 cm³/mol. The van der Waals surface area contributed by atoms with Crippen LogP contribution in [0.15, 0.2) is 0 Å². The average Bonchev–Trinajstić information content (AvgIpc) is 1.35. The molecule has 0 unspecified atom stereocenters. The molecule has 2 heteroatoms. The molecule has 0 N–H and O–H groups in total. The van der Waals surface area contributed by atoms with Crippen molar-refractivity contribution >= 4 is 11.8 Å². The molecular weight excluding hydrogens is 99.1 g/mol. The summed E-state index contributed by atoms with van der Waals surface area (Å²) in [4.78, 5) is 0. The van der Waals surface area contributed by atoms with E-state index < -0.39 is 5.00 Å². The number of halogens is 1. The van der Waals surface area contributed by atoms with E-state index in [0.717, 1.165) is 0 Å². The van der Waals surface area contributed by atoms with Gasteiger partial charge >= 0.3 is 0 Å². The minimum absolute atomic E-state index is 1.04. The molecule has 0 aromatic rings. The molecular formula is C4H9FS. The molecule has 0 amide bonds. The summed E-state index contributed by atoms with van der Waals surface area (Å²) in [6.07, 6.45) is 1.75. The minimum atomic E-state index is -1.04. The molecule has 0 saturated heterocycles. The van der Waals surface area contributed by atoms with Crippen LogP contribution in [0.5, 0.6) is 0 Å². The van der Waals surface area contributed by atoms with Crippen LogP contribution in [0, 0.1) is 0 Å². The van der Waals surface area contributed by atoms with Crippen LogP contribution in [0.4, 0.5) is 4.39 Å². The molecule has 6 heavy (non-hydrogen) atoms. The second-order valence-corrected chi connectivity index (χ2v) is 2.95. The number of alkyl halides is 1. The van der Waals surface area contributed by atoms with Crippen LogP contribution in [-0.2, 0) is 0 Å². The topological polar surface area (TPSA) is 0 Å². The Morgan fingerprint density at radius 1 is 1.50 bits per heavy atom. The molecule has 0 nitrogen and oxygen atoms in total. The van der Waals surface area contributed by atoms with E-state index in [4.69, 9.17) is 0 Å². The number of hydrogen-bond donors (Lipinski definition) is 0. The number of hydrogen-bond acceptors (Lipinski definition) is 1. The Labute approximate surface area is 42.1 Å². The Morgan fingerprint density at radius 2 is 1.67 bits per heavy atom. The van der Waals surface area contributed by atoms with Crippen molar-refractivity contribution in [2.24, 2.45) is 0 Å². The highest BCUT2D eigenvalue weighted by Crippen LogP contribution is 2.21. The van der Waals surface area contributed by atoms with Gasteiger partial charge in [0.1, 0.15) is 5.00 Å². The first kappa shape index (κ1) is 6.28. The largest absolute Gasteiger partial charge is 0.233 e. The van der Waals surface area contributed by atoms with Crippen LogP contribution in [0.1, 0.15) is 13.8 Å². The van der Waals surface area contributed by atoms with E-state index in [0.29, 0.717) is 0 Å². The third kappa shape index (κ3) is 4.28. The maximum atomic E-state index is 12.1. The van der Waals surface area contributed by atoms with Crippen molar-refractivity contribution in [3.8, 4) is 0 Å². The van der Waals surface area contributed by atoms with Crippen molar-refractivity contribution in [2.45, 2.75) is 18.8 Å². The van der Waals surface area contributed by atoms with Crippen LogP contribution in [0.2, 0.25) is 0 Å². The quantitative estimate of drug-likeness (QED) is 0.495. The molecule has 0 aliphatic heterocycles. The Balaban J connectivity index is 3.17. The van der Waals surface area contributed by atoms with Crippen molar-refractivity contribution in [1.82, 2.24) is 0 Å². The monoisotopic (exact) mass is 108 g/mol. The number of rotatable bonds is 1. The van der Waals surface area contributed by atoms with Gasteiger partial charge in [0.05, 0.1) is 0 Å². The zero-order valence-corrected chi connectivity index (χ0v) is 5.10. The van der Waals surface area contributed by atoms with Crippen LogP contribution >= 0.6 is 11.8 Å². The fourth-order valence-corrected chi connectivity index (χ4v) is 0. The maximum absolute atomic E-state index is 12.1. The summed E-state index contributed by atoms with van der Waals surface area (Å²) < 4.78 is 12.1. The van der Waals surface area contributed by atoms with E-state index in [1.165, 1.54) is 25.6 Å². The Kier molecular flexibility index (Phi) is 1.91. The summed E-state index contributed by atoms with van der Waals surface area (Å²) in [5, 5.41) is -1.04. The van der Waals surface area contributed by atoms with Gasteiger partial charge in [-0.25, -0.2) is 4.39 Å². The van der Waals surface area contributed by atoms with Crippen molar-refractivity contribution in [3.05, 3.63) is 0 Å². The molecule has 0 saturated carbocycles. The number of thioether (sulfide) groups is 1. The Bertz CT molecular complexity index is 37.3.